The van der Waals surface area contributed by atoms with Crippen LogP contribution in [0.5, 0.6) is 0 Å². The molecule has 0 aliphatic rings. The molecule has 2 heterocycles. The number of benzene rings is 2. The van der Waals surface area contributed by atoms with Gasteiger partial charge in [0, 0.05) is 23.2 Å². The summed E-state index contributed by atoms with van der Waals surface area (Å²) in [6.07, 6.45) is -1.73. The normalized spacial score (nSPS) is 11.3. The second kappa shape index (κ2) is 7.68. The van der Waals surface area contributed by atoms with E-state index >= 15 is 0 Å². The zero-order chi connectivity index (χ0) is 20.8. The molecule has 0 fully saturated rings. The second-order valence-electron chi connectivity index (χ2n) is 6.33. The van der Waals surface area contributed by atoms with E-state index in [4.69, 9.17) is 11.1 Å². The molecular formula is C20H15ClF3N5O. The van der Waals surface area contributed by atoms with E-state index in [0.29, 0.717) is 22.0 Å². The van der Waals surface area contributed by atoms with Crippen molar-refractivity contribution in [2.24, 2.45) is 5.73 Å². The average Bonchev–Trinajstić information content (AvgIpc) is 3.05. The topological polar surface area (TPSA) is 96.8 Å². The predicted molar refractivity (Wildman–Crippen MR) is 110 cm³/mol. The number of nitrogens with one attached hydrogen (secondary N) is 2. The third-order valence-corrected chi connectivity index (χ3v) is 4.52. The lowest BCUT2D eigenvalue weighted by Crippen LogP contribution is -2.35. The van der Waals surface area contributed by atoms with Crippen LogP contribution in [0, 0.1) is 5.41 Å². The van der Waals surface area contributed by atoms with Crippen molar-refractivity contribution in [1.82, 2.24) is 14.9 Å². The summed E-state index contributed by atoms with van der Waals surface area (Å²) < 4.78 is 41.8. The Morgan fingerprint density at radius 2 is 1.77 bits per heavy atom. The monoisotopic (exact) mass is 433 g/mol. The lowest BCUT2D eigenvalue weighted by Gasteiger charge is -2.13. The van der Waals surface area contributed by atoms with Gasteiger partial charge in [0.25, 0.3) is 5.91 Å². The quantitative estimate of drug-likeness (QED) is 0.326. The fraction of sp³-hybridized carbons (Fsp3) is 0.0500. The van der Waals surface area contributed by atoms with E-state index < -0.39 is 23.6 Å². The van der Waals surface area contributed by atoms with E-state index in [9.17, 15) is 18.0 Å². The highest BCUT2D eigenvalue weighted by atomic mass is 35.5. The number of aromatic nitrogens is 2. The Morgan fingerprint density at radius 1 is 1.07 bits per heavy atom. The largest absolute Gasteiger partial charge is 0.418 e. The number of carbonyl (C=O) groups is 1. The Labute approximate surface area is 174 Å². The molecule has 0 aliphatic heterocycles. The van der Waals surface area contributed by atoms with Gasteiger partial charge in [-0.15, -0.1) is 12.4 Å². The molecule has 0 saturated carbocycles. The number of alkyl halides is 3. The first-order valence-corrected chi connectivity index (χ1v) is 8.48. The predicted octanol–water partition coefficient (Wildman–Crippen LogP) is 4.24. The van der Waals surface area contributed by atoms with Crippen LogP contribution in [0.15, 0.2) is 60.9 Å². The van der Waals surface area contributed by atoms with Gasteiger partial charge in [-0.25, -0.2) is 0 Å². The summed E-state index contributed by atoms with van der Waals surface area (Å²) in [4.78, 5) is 16.4. The molecule has 154 valence electrons. The standard InChI is InChI=1S/C20H14F3N5O.ClH/c21-20(22,23)14-6-3-5-12-16(8-9-26-17(12)14)28-10-13(18(29)27-19(24)25)11-4-1-2-7-15(11)28;/h1-10H,(H4,24,25,27,29);1H. The minimum Gasteiger partial charge on any atom is -0.370 e. The summed E-state index contributed by atoms with van der Waals surface area (Å²) in [6.45, 7) is 0. The highest BCUT2D eigenvalue weighted by Crippen LogP contribution is 2.36. The Kier molecular flexibility index (Phi) is 5.41. The van der Waals surface area contributed by atoms with E-state index in [1.165, 1.54) is 18.5 Å². The summed E-state index contributed by atoms with van der Waals surface area (Å²) in [7, 11) is 0. The molecule has 2 aromatic carbocycles. The maximum atomic E-state index is 13.4. The van der Waals surface area contributed by atoms with Crippen LogP contribution < -0.4 is 11.1 Å². The first kappa shape index (κ1) is 21.1. The summed E-state index contributed by atoms with van der Waals surface area (Å²) in [6, 6.07) is 12.4. The minimum absolute atomic E-state index is 0. The van der Waals surface area contributed by atoms with Gasteiger partial charge >= 0.3 is 6.18 Å². The van der Waals surface area contributed by atoms with Crippen molar-refractivity contribution in [3.05, 3.63) is 72.1 Å². The van der Waals surface area contributed by atoms with E-state index in [1.807, 2.05) is 0 Å². The molecule has 2 aromatic heterocycles. The fourth-order valence-corrected chi connectivity index (χ4v) is 3.35. The zero-order valence-corrected chi connectivity index (χ0v) is 16.0. The van der Waals surface area contributed by atoms with Crippen LogP contribution in [-0.4, -0.2) is 21.4 Å². The number of rotatable bonds is 2. The fourth-order valence-electron chi connectivity index (χ4n) is 3.35. The van der Waals surface area contributed by atoms with Crippen LogP contribution in [0.3, 0.4) is 0 Å². The molecule has 0 radical (unpaired) electrons. The van der Waals surface area contributed by atoms with Crippen LogP contribution >= 0.6 is 12.4 Å². The number of hydrogen-bond acceptors (Lipinski definition) is 3. The van der Waals surface area contributed by atoms with Gasteiger partial charge in [0.05, 0.1) is 27.8 Å². The first-order chi connectivity index (χ1) is 13.8. The Morgan fingerprint density at radius 3 is 2.47 bits per heavy atom. The van der Waals surface area contributed by atoms with Gasteiger partial charge in [-0.3, -0.25) is 20.5 Å². The Hall–Kier alpha value is -3.59. The molecule has 4 N–H and O–H groups in total. The van der Waals surface area contributed by atoms with Crippen LogP contribution in [-0.2, 0) is 6.18 Å². The number of nitrogens with two attached hydrogens (primary N) is 1. The number of pyridine rings is 1. The molecule has 0 spiro atoms. The molecule has 4 aromatic rings. The number of guanidine groups is 1. The molecule has 6 nitrogen and oxygen atoms in total. The maximum Gasteiger partial charge on any atom is 0.418 e. The molecule has 0 unspecified atom stereocenters. The van der Waals surface area contributed by atoms with Gasteiger partial charge in [0.2, 0.25) is 0 Å². The van der Waals surface area contributed by atoms with Crippen molar-refractivity contribution < 1.29 is 18.0 Å². The average molecular weight is 434 g/mol. The van der Waals surface area contributed by atoms with Gasteiger partial charge < -0.3 is 10.3 Å². The van der Waals surface area contributed by atoms with Crippen molar-refractivity contribution in [1.29, 1.82) is 5.41 Å². The van der Waals surface area contributed by atoms with Crippen molar-refractivity contribution in [2.45, 2.75) is 6.18 Å². The number of halogens is 4. The molecule has 0 saturated heterocycles. The van der Waals surface area contributed by atoms with Crippen LogP contribution in [0.2, 0.25) is 0 Å². The van der Waals surface area contributed by atoms with Crippen LogP contribution in [0.4, 0.5) is 13.2 Å². The molecule has 10 heteroatoms. The van der Waals surface area contributed by atoms with E-state index in [0.717, 1.165) is 6.07 Å². The molecule has 4 rings (SSSR count). The Balaban J connectivity index is 0.00000256. The van der Waals surface area contributed by atoms with Crippen LogP contribution in [0.25, 0.3) is 27.5 Å². The van der Waals surface area contributed by atoms with Gasteiger partial charge in [-0.05, 0) is 18.2 Å². The number of nitrogens with zero attached hydrogens (tertiary/aromatic N) is 2. The molecular weight excluding hydrogens is 419 g/mol. The summed E-state index contributed by atoms with van der Waals surface area (Å²) in [5, 5.41) is 10.4. The molecule has 0 atom stereocenters. The summed E-state index contributed by atoms with van der Waals surface area (Å²) in [5.74, 6) is -1.09. The number of amides is 1. The van der Waals surface area contributed by atoms with E-state index in [1.54, 1.807) is 41.0 Å². The number of hydrogen-bond donors (Lipinski definition) is 3. The zero-order valence-electron chi connectivity index (χ0n) is 15.2. The lowest BCUT2D eigenvalue weighted by molar-refractivity contribution is -0.136. The third kappa shape index (κ3) is 3.55. The highest BCUT2D eigenvalue weighted by Gasteiger charge is 2.33. The maximum absolute atomic E-state index is 13.4. The van der Waals surface area contributed by atoms with Crippen molar-refractivity contribution >= 4 is 46.1 Å². The van der Waals surface area contributed by atoms with Crippen molar-refractivity contribution in [3.63, 3.8) is 0 Å². The number of para-hydroxylation sites is 2. The Bertz CT molecular complexity index is 1280. The summed E-state index contributed by atoms with van der Waals surface area (Å²) in [5.41, 5.74) is 5.55. The van der Waals surface area contributed by atoms with E-state index in [-0.39, 0.29) is 23.5 Å². The molecule has 1 amide bonds. The number of carbonyl (C=O) groups excluding carboxylic acids is 1. The van der Waals surface area contributed by atoms with E-state index in [2.05, 4.69) is 10.3 Å². The smallest absolute Gasteiger partial charge is 0.370 e. The lowest BCUT2D eigenvalue weighted by atomic mass is 10.1. The van der Waals surface area contributed by atoms with Gasteiger partial charge in [0.1, 0.15) is 0 Å². The summed E-state index contributed by atoms with van der Waals surface area (Å²) >= 11 is 0. The van der Waals surface area contributed by atoms with Gasteiger partial charge in [-0.2, -0.15) is 13.2 Å². The first-order valence-electron chi connectivity index (χ1n) is 8.48. The third-order valence-electron chi connectivity index (χ3n) is 4.52. The molecule has 0 aliphatic carbocycles. The molecule has 30 heavy (non-hydrogen) atoms. The van der Waals surface area contributed by atoms with Crippen LogP contribution in [0.1, 0.15) is 15.9 Å². The van der Waals surface area contributed by atoms with Crippen molar-refractivity contribution in [3.8, 4) is 5.69 Å². The second-order valence-corrected chi connectivity index (χ2v) is 6.33. The van der Waals surface area contributed by atoms with Crippen molar-refractivity contribution in [2.75, 3.05) is 0 Å². The SMILES string of the molecule is Cl.N=C(N)NC(=O)c1cn(-c2ccnc3c(C(F)(F)F)cccc23)c2ccccc12. The number of fused-ring (bicyclic) bond motifs is 2. The van der Waals surface area contributed by atoms with Gasteiger partial charge in [0.15, 0.2) is 5.96 Å². The minimum atomic E-state index is -4.55. The highest BCUT2D eigenvalue weighted by molar-refractivity contribution is 6.12. The van der Waals surface area contributed by atoms with Gasteiger partial charge in [-0.1, -0.05) is 30.3 Å². The molecule has 0 bridgehead atoms.